The Morgan fingerprint density at radius 3 is 2.09 bits per heavy atom. The maximum atomic E-state index is 10.1. The van der Waals surface area contributed by atoms with Crippen LogP contribution in [0, 0.1) is 0 Å². The Morgan fingerprint density at radius 2 is 1.60 bits per heavy atom. The molecule has 0 spiro atoms. The molecule has 4 N–H and O–H groups in total. The number of aryl methyl sites for hydroxylation is 2. The molecule has 0 aromatic heterocycles. The van der Waals surface area contributed by atoms with E-state index in [0.717, 1.165) is 12.1 Å². The molecular formula is C30H48N2O3. The van der Waals surface area contributed by atoms with Crippen LogP contribution in [-0.4, -0.2) is 24.2 Å². The first kappa shape index (κ1) is 34.1. The molecule has 0 unspecified atom stereocenters. The zero-order valence-corrected chi connectivity index (χ0v) is 22.6. The van der Waals surface area contributed by atoms with E-state index in [-0.39, 0.29) is 18.3 Å². The molecule has 0 aliphatic carbocycles. The molecule has 3 rings (SSSR count). The second kappa shape index (κ2) is 24.1. The predicted molar refractivity (Wildman–Crippen MR) is 152 cm³/mol. The number of carbonyl (C=O) groups excluding carboxylic acids is 1. The normalized spacial score (nSPS) is 10.9. The largest absolute Gasteiger partial charge is 0.513 e. The van der Waals surface area contributed by atoms with Crippen LogP contribution in [0.25, 0.3) is 0 Å². The second-order valence-corrected chi connectivity index (χ2v) is 7.40. The zero-order chi connectivity index (χ0) is 26.9. The lowest BCUT2D eigenvalue weighted by Gasteiger charge is -2.06. The summed E-state index contributed by atoms with van der Waals surface area (Å²) in [4.78, 5) is 10.1. The van der Waals surface area contributed by atoms with E-state index in [1.165, 1.54) is 42.5 Å². The number of anilines is 1. The number of aliphatic hydroxyl groups is 1. The van der Waals surface area contributed by atoms with Crippen LogP contribution in [0.4, 0.5) is 5.69 Å². The first-order valence-corrected chi connectivity index (χ1v) is 12.7. The number of aliphatic hydroxyl groups excluding tert-OH is 1. The highest BCUT2D eigenvalue weighted by Crippen LogP contribution is 2.24. The number of ether oxygens (including phenoxy) is 1. The third-order valence-electron chi connectivity index (χ3n) is 4.52. The molecule has 5 nitrogen and oxygen atoms in total. The Hall–Kier alpha value is -3.05. The number of rotatable bonds is 5. The molecule has 5 heteroatoms. The van der Waals surface area contributed by atoms with E-state index < -0.39 is 0 Å². The summed E-state index contributed by atoms with van der Waals surface area (Å²) < 4.78 is 4.43. The third kappa shape index (κ3) is 20.1. The van der Waals surface area contributed by atoms with Gasteiger partial charge in [-0.05, 0) is 49.8 Å². The number of nitrogens with one attached hydrogen (secondary N) is 1. The molecular weight excluding hydrogens is 436 g/mol. The van der Waals surface area contributed by atoms with Crippen molar-refractivity contribution >= 4 is 11.7 Å². The summed E-state index contributed by atoms with van der Waals surface area (Å²) in [5, 5.41) is 11.5. The molecule has 1 aliphatic rings. The van der Waals surface area contributed by atoms with Gasteiger partial charge in [-0.15, -0.1) is 0 Å². The van der Waals surface area contributed by atoms with Crippen molar-refractivity contribution in [3.63, 3.8) is 0 Å². The summed E-state index contributed by atoms with van der Waals surface area (Å²) in [7, 11) is 0. The van der Waals surface area contributed by atoms with Crippen LogP contribution in [-0.2, 0) is 22.4 Å². The highest BCUT2D eigenvalue weighted by Gasteiger charge is 2.07. The summed E-state index contributed by atoms with van der Waals surface area (Å²) in [6.07, 6.45) is 6.59. The van der Waals surface area contributed by atoms with Crippen molar-refractivity contribution in [1.29, 1.82) is 0 Å². The minimum Gasteiger partial charge on any atom is -0.513 e. The van der Waals surface area contributed by atoms with Gasteiger partial charge in [-0.1, -0.05) is 95.8 Å². The van der Waals surface area contributed by atoms with Crippen LogP contribution >= 0.6 is 0 Å². The maximum absolute atomic E-state index is 10.1. The fraction of sp³-hybridized carbons (Fsp3) is 0.433. The minimum atomic E-state index is -0.345. The fourth-order valence-corrected chi connectivity index (χ4v) is 2.76. The molecule has 0 saturated carbocycles. The number of esters is 1. The van der Waals surface area contributed by atoms with Gasteiger partial charge < -0.3 is 20.9 Å². The summed E-state index contributed by atoms with van der Waals surface area (Å²) in [5.74, 6) is -0.0903. The Balaban J connectivity index is 0. The number of allylic oxidation sites excluding steroid dienone is 2. The van der Waals surface area contributed by atoms with Crippen LogP contribution < -0.4 is 11.1 Å². The highest BCUT2D eigenvalue weighted by atomic mass is 16.5. The SMILES string of the molecule is C=C(O)CC.C=C1CCCc2ccccc2N1.CC.CCCc1ccccc1.CCOC(=O)CN. The smallest absolute Gasteiger partial charge is 0.319 e. The minimum absolute atomic E-state index is 0.0200. The summed E-state index contributed by atoms with van der Waals surface area (Å²) in [6, 6.07) is 19.0. The van der Waals surface area contributed by atoms with Gasteiger partial charge in [-0.3, -0.25) is 4.79 Å². The average Bonchev–Trinajstić information content (AvgIpc) is 3.08. The van der Waals surface area contributed by atoms with Gasteiger partial charge in [0.25, 0.3) is 0 Å². The van der Waals surface area contributed by atoms with Gasteiger partial charge in [0.1, 0.15) is 0 Å². The zero-order valence-electron chi connectivity index (χ0n) is 22.6. The number of benzene rings is 2. The van der Waals surface area contributed by atoms with E-state index in [4.69, 9.17) is 10.8 Å². The van der Waals surface area contributed by atoms with Crippen molar-refractivity contribution in [3.05, 3.63) is 90.3 Å². The van der Waals surface area contributed by atoms with Crippen molar-refractivity contribution in [2.75, 3.05) is 18.5 Å². The van der Waals surface area contributed by atoms with Gasteiger partial charge in [-0.2, -0.15) is 0 Å². The van der Waals surface area contributed by atoms with Gasteiger partial charge in [0.15, 0.2) is 0 Å². The molecule has 2 aromatic carbocycles. The van der Waals surface area contributed by atoms with Crippen LogP contribution in [0.3, 0.4) is 0 Å². The van der Waals surface area contributed by atoms with E-state index in [1.807, 2.05) is 20.8 Å². The monoisotopic (exact) mass is 484 g/mol. The van der Waals surface area contributed by atoms with Crippen molar-refractivity contribution in [1.82, 2.24) is 0 Å². The van der Waals surface area contributed by atoms with Crippen molar-refractivity contribution in [2.45, 2.75) is 73.1 Å². The van der Waals surface area contributed by atoms with Gasteiger partial charge in [0.05, 0.1) is 18.9 Å². The van der Waals surface area contributed by atoms with Crippen molar-refractivity contribution < 1.29 is 14.6 Å². The number of para-hydroxylation sites is 1. The summed E-state index contributed by atoms with van der Waals surface area (Å²) in [6.45, 7) is 17.4. The highest BCUT2D eigenvalue weighted by molar-refractivity contribution is 5.71. The quantitative estimate of drug-likeness (QED) is 0.301. The van der Waals surface area contributed by atoms with Crippen LogP contribution in [0.1, 0.15) is 71.4 Å². The topological polar surface area (TPSA) is 84.6 Å². The molecule has 35 heavy (non-hydrogen) atoms. The molecule has 0 atom stereocenters. The van der Waals surface area contributed by atoms with Crippen LogP contribution in [0.2, 0.25) is 0 Å². The van der Waals surface area contributed by atoms with Gasteiger partial charge in [0.2, 0.25) is 0 Å². The van der Waals surface area contributed by atoms with Gasteiger partial charge in [-0.25, -0.2) is 0 Å². The number of fused-ring (bicyclic) bond motifs is 1. The molecule has 1 heterocycles. The Morgan fingerprint density at radius 1 is 1.03 bits per heavy atom. The fourth-order valence-electron chi connectivity index (χ4n) is 2.76. The number of carbonyl (C=O) groups is 1. The van der Waals surface area contributed by atoms with Gasteiger partial charge >= 0.3 is 5.97 Å². The maximum Gasteiger partial charge on any atom is 0.319 e. The van der Waals surface area contributed by atoms with Crippen molar-refractivity contribution in [2.24, 2.45) is 5.73 Å². The third-order valence-corrected chi connectivity index (χ3v) is 4.52. The standard InChI is InChI=1S/C11H13N.C9H12.C4H9NO2.C4H8O.C2H6/c1-9-5-4-7-10-6-2-3-8-11(10)12-9;1-2-6-9-7-4-3-5-8-9;1-2-7-4(6)3-5;1-3-4(2)5;1-2/h2-3,6,8,12H,1,4-5,7H2;3-5,7-8H,2,6H2,1H3;2-3,5H2,1H3;5H,2-3H2,1H3;1-2H3. The second-order valence-electron chi connectivity index (χ2n) is 7.40. The molecule has 0 amide bonds. The summed E-state index contributed by atoms with van der Waals surface area (Å²) in [5.41, 5.74) is 10.1. The van der Waals surface area contributed by atoms with Gasteiger partial charge in [0, 0.05) is 17.8 Å². The van der Waals surface area contributed by atoms with E-state index in [2.05, 4.69) is 84.7 Å². The summed E-state index contributed by atoms with van der Waals surface area (Å²) >= 11 is 0. The molecule has 1 aliphatic heterocycles. The first-order valence-electron chi connectivity index (χ1n) is 12.7. The molecule has 0 saturated heterocycles. The molecule has 2 aromatic rings. The lowest BCUT2D eigenvalue weighted by atomic mass is 10.1. The Bertz CT molecular complexity index is 804. The Kier molecular flexibility index (Phi) is 23.5. The molecule has 0 bridgehead atoms. The lowest BCUT2D eigenvalue weighted by molar-refractivity contribution is -0.141. The van der Waals surface area contributed by atoms with E-state index in [0.29, 0.717) is 13.0 Å². The van der Waals surface area contributed by atoms with E-state index >= 15 is 0 Å². The lowest BCUT2D eigenvalue weighted by Crippen LogP contribution is -2.16. The number of hydrogen-bond acceptors (Lipinski definition) is 5. The molecule has 196 valence electrons. The molecule has 0 fully saturated rings. The van der Waals surface area contributed by atoms with Crippen LogP contribution in [0.5, 0.6) is 0 Å². The van der Waals surface area contributed by atoms with Crippen LogP contribution in [0.15, 0.2) is 79.2 Å². The van der Waals surface area contributed by atoms with E-state index in [9.17, 15) is 4.79 Å². The average molecular weight is 485 g/mol. The number of hydrogen-bond donors (Lipinski definition) is 3. The Labute approximate surface area is 214 Å². The van der Waals surface area contributed by atoms with Crippen molar-refractivity contribution in [3.8, 4) is 0 Å². The van der Waals surface area contributed by atoms with E-state index in [1.54, 1.807) is 6.92 Å². The first-order chi connectivity index (χ1) is 16.9. The molecule has 0 radical (unpaired) electrons. The number of nitrogens with two attached hydrogens (primary N) is 1. The predicted octanol–water partition coefficient (Wildman–Crippen LogP) is 7.59.